The van der Waals surface area contributed by atoms with Crippen molar-refractivity contribution in [2.75, 3.05) is 53.6 Å². The van der Waals surface area contributed by atoms with Crippen LogP contribution in [0.4, 0.5) is 0 Å². The van der Waals surface area contributed by atoms with Gasteiger partial charge in [-0.1, -0.05) is 6.07 Å². The Morgan fingerprint density at radius 1 is 1.11 bits per heavy atom. The van der Waals surface area contributed by atoms with Gasteiger partial charge in [-0.25, -0.2) is 0 Å². The molecule has 2 fully saturated rings. The normalized spacial score (nSPS) is 20.6. The number of Topliss-reactive ketones (excluding diaryl/α,β-unsaturated/α-hetero) is 2. The highest BCUT2D eigenvalue weighted by molar-refractivity contribution is 6.44. The number of phenolic OH excluding ortho intramolecular Hbond substituents is 1. The van der Waals surface area contributed by atoms with E-state index in [9.17, 15) is 19.5 Å². The molecule has 0 bridgehead atoms. The molecular formula is C27H33N2O7+. The molecule has 2 saturated heterocycles. The van der Waals surface area contributed by atoms with Gasteiger partial charge in [0.05, 0.1) is 40.0 Å². The SMILES string of the molecule is COc1ccc(C(=O)C2C(=O)C(=O)N(CCC[NH+]3CCOCC3)C2c2ccc(O)c(OC)c2)c(C)c1. The molecule has 2 aromatic rings. The second-order valence-corrected chi connectivity index (χ2v) is 9.23. The van der Waals surface area contributed by atoms with Crippen LogP contribution in [0, 0.1) is 12.8 Å². The third kappa shape index (κ3) is 5.08. The molecule has 2 N–H and O–H groups in total. The lowest BCUT2D eigenvalue weighted by molar-refractivity contribution is -0.908. The summed E-state index contributed by atoms with van der Waals surface area (Å²) in [6.07, 6.45) is 0.683. The molecule has 2 aliphatic heterocycles. The van der Waals surface area contributed by atoms with E-state index in [2.05, 4.69) is 0 Å². The van der Waals surface area contributed by atoms with E-state index >= 15 is 0 Å². The van der Waals surface area contributed by atoms with E-state index in [4.69, 9.17) is 14.2 Å². The van der Waals surface area contributed by atoms with Crippen molar-refractivity contribution in [3.8, 4) is 17.2 Å². The number of hydrogen-bond acceptors (Lipinski definition) is 7. The first kappa shape index (κ1) is 25.7. The Labute approximate surface area is 210 Å². The van der Waals surface area contributed by atoms with Gasteiger partial charge in [-0.3, -0.25) is 14.4 Å². The number of aromatic hydroxyl groups is 1. The number of aryl methyl sites for hydroxylation is 1. The topological polar surface area (TPSA) is 107 Å². The number of morpholine rings is 1. The molecule has 1 amide bonds. The molecule has 0 radical (unpaired) electrons. The lowest BCUT2D eigenvalue weighted by Gasteiger charge is -2.29. The minimum absolute atomic E-state index is 0.0618. The number of nitrogens with zero attached hydrogens (tertiary/aromatic N) is 1. The van der Waals surface area contributed by atoms with Gasteiger partial charge in [-0.15, -0.1) is 0 Å². The fraction of sp³-hybridized carbons (Fsp3) is 0.444. The summed E-state index contributed by atoms with van der Waals surface area (Å²) in [4.78, 5) is 43.2. The van der Waals surface area contributed by atoms with Crippen molar-refractivity contribution in [3.63, 3.8) is 0 Å². The number of ketones is 2. The number of amides is 1. The van der Waals surface area contributed by atoms with Crippen LogP contribution in [0.5, 0.6) is 17.2 Å². The molecule has 2 heterocycles. The highest BCUT2D eigenvalue weighted by Gasteiger charge is 2.51. The molecule has 2 aliphatic rings. The fourth-order valence-corrected chi connectivity index (χ4v) is 5.09. The average molecular weight is 498 g/mol. The zero-order chi connectivity index (χ0) is 25.8. The van der Waals surface area contributed by atoms with Gasteiger partial charge in [0.2, 0.25) is 5.78 Å². The summed E-state index contributed by atoms with van der Waals surface area (Å²) in [5.41, 5.74) is 1.60. The van der Waals surface area contributed by atoms with Crippen molar-refractivity contribution in [2.45, 2.75) is 19.4 Å². The van der Waals surface area contributed by atoms with Crippen molar-refractivity contribution >= 4 is 17.5 Å². The van der Waals surface area contributed by atoms with E-state index in [1.54, 1.807) is 44.4 Å². The summed E-state index contributed by atoms with van der Waals surface area (Å²) < 4.78 is 15.9. The van der Waals surface area contributed by atoms with Crippen LogP contribution in [0.25, 0.3) is 0 Å². The Kier molecular flexibility index (Phi) is 7.91. The third-order valence-corrected chi connectivity index (χ3v) is 7.06. The van der Waals surface area contributed by atoms with E-state index in [-0.39, 0.29) is 11.5 Å². The number of nitrogens with one attached hydrogen (secondary N) is 1. The number of carbonyl (C=O) groups excluding carboxylic acids is 3. The summed E-state index contributed by atoms with van der Waals surface area (Å²) in [6, 6.07) is 8.92. The molecule has 0 saturated carbocycles. The first-order valence-electron chi connectivity index (χ1n) is 12.2. The van der Waals surface area contributed by atoms with E-state index in [1.165, 1.54) is 23.0 Å². The second kappa shape index (κ2) is 11.1. The van der Waals surface area contributed by atoms with Crippen LogP contribution in [-0.4, -0.2) is 81.1 Å². The lowest BCUT2D eigenvalue weighted by atomic mass is 9.85. The smallest absolute Gasteiger partial charge is 0.291 e. The first-order chi connectivity index (χ1) is 17.3. The number of rotatable bonds is 9. The first-order valence-corrected chi connectivity index (χ1v) is 12.2. The predicted molar refractivity (Wildman–Crippen MR) is 131 cm³/mol. The minimum atomic E-state index is -1.20. The Bertz CT molecular complexity index is 1140. The number of carbonyl (C=O) groups is 3. The largest absolute Gasteiger partial charge is 0.504 e. The van der Waals surface area contributed by atoms with Crippen molar-refractivity contribution < 1.29 is 38.6 Å². The summed E-state index contributed by atoms with van der Waals surface area (Å²) in [5.74, 6) is -2.23. The Morgan fingerprint density at radius 2 is 1.86 bits per heavy atom. The molecule has 36 heavy (non-hydrogen) atoms. The number of phenols is 1. The van der Waals surface area contributed by atoms with E-state index in [0.29, 0.717) is 48.6 Å². The molecular weight excluding hydrogens is 464 g/mol. The summed E-state index contributed by atoms with van der Waals surface area (Å²) in [5, 5.41) is 10.1. The molecule has 192 valence electrons. The molecule has 0 aromatic heterocycles. The zero-order valence-corrected chi connectivity index (χ0v) is 20.9. The molecule has 4 rings (SSSR count). The summed E-state index contributed by atoms with van der Waals surface area (Å²) in [6.45, 7) is 6.19. The predicted octanol–water partition coefficient (Wildman–Crippen LogP) is 0.975. The van der Waals surface area contributed by atoms with Gasteiger partial charge < -0.3 is 29.1 Å². The van der Waals surface area contributed by atoms with Crippen LogP contribution in [0.3, 0.4) is 0 Å². The molecule has 0 aliphatic carbocycles. The van der Waals surface area contributed by atoms with Gasteiger partial charge in [-0.05, 0) is 48.4 Å². The number of methoxy groups -OCH3 is 2. The Morgan fingerprint density at radius 3 is 2.53 bits per heavy atom. The van der Waals surface area contributed by atoms with Gasteiger partial charge in [0.25, 0.3) is 5.91 Å². The van der Waals surface area contributed by atoms with Gasteiger partial charge in [-0.2, -0.15) is 0 Å². The number of ether oxygens (including phenoxy) is 3. The highest BCUT2D eigenvalue weighted by atomic mass is 16.5. The Hall–Kier alpha value is -3.43. The monoisotopic (exact) mass is 497 g/mol. The van der Waals surface area contributed by atoms with Crippen molar-refractivity contribution in [3.05, 3.63) is 53.1 Å². The van der Waals surface area contributed by atoms with E-state index < -0.39 is 29.4 Å². The standard InChI is InChI=1S/C27H32N2O7/c1-17-15-19(34-2)6-7-20(17)25(31)23-24(18-5-8-21(30)22(16-18)35-3)29(27(33)26(23)32)10-4-9-28-11-13-36-14-12-28/h5-8,15-16,23-24,30H,4,9-14H2,1-3H3/p+1. The molecule has 9 heteroatoms. The average Bonchev–Trinajstić information content (AvgIpc) is 3.14. The second-order valence-electron chi connectivity index (χ2n) is 9.23. The van der Waals surface area contributed by atoms with Crippen LogP contribution in [0.15, 0.2) is 36.4 Å². The third-order valence-electron chi connectivity index (χ3n) is 7.06. The van der Waals surface area contributed by atoms with Gasteiger partial charge in [0, 0.05) is 18.5 Å². The number of benzene rings is 2. The molecule has 2 aromatic carbocycles. The maximum absolute atomic E-state index is 13.8. The quantitative estimate of drug-likeness (QED) is 0.302. The number of quaternary nitrogens is 1. The van der Waals surface area contributed by atoms with Crippen molar-refractivity contribution in [1.29, 1.82) is 0 Å². The molecule has 2 atom stereocenters. The van der Waals surface area contributed by atoms with Crippen LogP contribution < -0.4 is 14.4 Å². The molecule has 0 spiro atoms. The van der Waals surface area contributed by atoms with Crippen molar-refractivity contribution in [2.24, 2.45) is 5.92 Å². The number of likely N-dealkylation sites (tertiary alicyclic amines) is 1. The van der Waals surface area contributed by atoms with Gasteiger partial charge in [0.1, 0.15) is 24.8 Å². The van der Waals surface area contributed by atoms with Crippen LogP contribution in [-0.2, 0) is 14.3 Å². The highest BCUT2D eigenvalue weighted by Crippen LogP contribution is 2.41. The lowest BCUT2D eigenvalue weighted by Crippen LogP contribution is -3.14. The minimum Gasteiger partial charge on any atom is -0.504 e. The molecule has 2 unspecified atom stereocenters. The zero-order valence-electron chi connectivity index (χ0n) is 20.9. The summed E-state index contributed by atoms with van der Waals surface area (Å²) in [7, 11) is 2.97. The van der Waals surface area contributed by atoms with Crippen LogP contribution >= 0.6 is 0 Å². The Balaban J connectivity index is 1.67. The van der Waals surface area contributed by atoms with E-state index in [0.717, 1.165) is 19.6 Å². The van der Waals surface area contributed by atoms with Crippen LogP contribution in [0.1, 0.15) is 33.9 Å². The van der Waals surface area contributed by atoms with Gasteiger partial charge >= 0.3 is 0 Å². The maximum Gasteiger partial charge on any atom is 0.291 e. The molecule has 9 nitrogen and oxygen atoms in total. The summed E-state index contributed by atoms with van der Waals surface area (Å²) >= 11 is 0. The van der Waals surface area contributed by atoms with Gasteiger partial charge in [0.15, 0.2) is 17.3 Å². The fourth-order valence-electron chi connectivity index (χ4n) is 5.09. The number of hydrogen-bond donors (Lipinski definition) is 2. The maximum atomic E-state index is 13.8. The van der Waals surface area contributed by atoms with Crippen LogP contribution in [0.2, 0.25) is 0 Å². The van der Waals surface area contributed by atoms with Crippen molar-refractivity contribution in [1.82, 2.24) is 4.90 Å². The van der Waals surface area contributed by atoms with E-state index in [1.807, 2.05) is 0 Å².